The Morgan fingerprint density at radius 3 is 2.56 bits per heavy atom. The number of amides is 1. The van der Waals surface area contributed by atoms with E-state index in [1.807, 2.05) is 13.0 Å². The molecule has 1 aromatic carbocycles. The molecule has 3 N–H and O–H groups in total. The molecule has 0 saturated carbocycles. The molecule has 1 amide bonds. The maximum absolute atomic E-state index is 11.5. The van der Waals surface area contributed by atoms with Crippen molar-refractivity contribution in [1.29, 1.82) is 0 Å². The van der Waals surface area contributed by atoms with Crippen LogP contribution in [0.2, 0.25) is 0 Å². The number of aliphatic hydroxyl groups excluding tert-OH is 1. The summed E-state index contributed by atoms with van der Waals surface area (Å²) in [5, 5.41) is 21.5. The predicted molar refractivity (Wildman–Crippen MR) is 62.1 cm³/mol. The van der Waals surface area contributed by atoms with Crippen LogP contribution < -0.4 is 5.32 Å². The van der Waals surface area contributed by atoms with Gasteiger partial charge in [0.15, 0.2) is 6.10 Å². The molecule has 0 fully saturated rings. The topological polar surface area (TPSA) is 69.6 Å². The fraction of sp³-hybridized carbons (Fsp3) is 0.417. The number of hydrogen-bond acceptors (Lipinski definition) is 3. The summed E-state index contributed by atoms with van der Waals surface area (Å²) in [7, 11) is 0. The van der Waals surface area contributed by atoms with E-state index in [1.165, 1.54) is 13.8 Å². The van der Waals surface area contributed by atoms with E-state index >= 15 is 0 Å². The molecule has 4 nitrogen and oxygen atoms in total. The summed E-state index contributed by atoms with van der Waals surface area (Å²) in [6.45, 7) is 4.67. The van der Waals surface area contributed by atoms with Crippen molar-refractivity contribution in [2.75, 3.05) is 5.32 Å². The summed E-state index contributed by atoms with van der Waals surface area (Å²) < 4.78 is 0. The highest BCUT2D eigenvalue weighted by Gasteiger charge is 2.31. The van der Waals surface area contributed by atoms with E-state index in [4.69, 9.17) is 0 Å². The summed E-state index contributed by atoms with van der Waals surface area (Å²) in [6.07, 6.45) is -1.45. The second-order valence-corrected chi connectivity index (χ2v) is 4.41. The number of aryl methyl sites for hydroxylation is 1. The summed E-state index contributed by atoms with van der Waals surface area (Å²) >= 11 is 0. The second kappa shape index (κ2) is 4.63. The van der Waals surface area contributed by atoms with Crippen LogP contribution in [0, 0.1) is 6.92 Å². The Kier molecular flexibility index (Phi) is 3.67. The van der Waals surface area contributed by atoms with E-state index in [1.54, 1.807) is 18.2 Å². The van der Waals surface area contributed by atoms with Crippen molar-refractivity contribution >= 4 is 11.6 Å². The van der Waals surface area contributed by atoms with Crippen molar-refractivity contribution in [2.45, 2.75) is 32.5 Å². The molecule has 0 aromatic heterocycles. The SMILES string of the molecule is Cc1cccc(NC(=O)C(O)C(C)(C)O)c1. The van der Waals surface area contributed by atoms with Crippen LogP contribution in [0.5, 0.6) is 0 Å². The van der Waals surface area contributed by atoms with Gasteiger partial charge in [-0.3, -0.25) is 4.79 Å². The minimum atomic E-state index is -1.45. The van der Waals surface area contributed by atoms with Gasteiger partial charge in [-0.05, 0) is 38.5 Å². The van der Waals surface area contributed by atoms with Crippen molar-refractivity contribution in [3.63, 3.8) is 0 Å². The van der Waals surface area contributed by atoms with Gasteiger partial charge in [0.25, 0.3) is 5.91 Å². The highest BCUT2D eigenvalue weighted by molar-refractivity contribution is 5.94. The lowest BCUT2D eigenvalue weighted by Gasteiger charge is -2.23. The third kappa shape index (κ3) is 3.32. The van der Waals surface area contributed by atoms with E-state index < -0.39 is 17.6 Å². The van der Waals surface area contributed by atoms with Crippen LogP contribution in [0.1, 0.15) is 19.4 Å². The molecule has 1 unspecified atom stereocenters. The number of hydrogen-bond donors (Lipinski definition) is 3. The molecule has 1 atom stereocenters. The molecule has 0 saturated heterocycles. The van der Waals surface area contributed by atoms with E-state index in [2.05, 4.69) is 5.32 Å². The zero-order valence-corrected chi connectivity index (χ0v) is 9.69. The van der Waals surface area contributed by atoms with Crippen molar-refractivity contribution in [3.8, 4) is 0 Å². The predicted octanol–water partition coefficient (Wildman–Crippen LogP) is 1.07. The molecule has 0 aliphatic heterocycles. The zero-order chi connectivity index (χ0) is 12.3. The second-order valence-electron chi connectivity index (χ2n) is 4.41. The third-order valence-corrected chi connectivity index (χ3v) is 2.20. The van der Waals surface area contributed by atoms with Gasteiger partial charge in [-0.1, -0.05) is 12.1 Å². The maximum atomic E-state index is 11.5. The smallest absolute Gasteiger partial charge is 0.256 e. The lowest BCUT2D eigenvalue weighted by molar-refractivity contribution is -0.136. The summed E-state index contributed by atoms with van der Waals surface area (Å²) in [4.78, 5) is 11.5. The average Bonchev–Trinajstić information content (AvgIpc) is 2.15. The molecule has 0 spiro atoms. The number of nitrogens with one attached hydrogen (secondary N) is 1. The van der Waals surface area contributed by atoms with Crippen molar-refractivity contribution < 1.29 is 15.0 Å². The van der Waals surface area contributed by atoms with Crippen LogP contribution in [0.15, 0.2) is 24.3 Å². The molecule has 1 aromatic rings. The normalized spacial score (nSPS) is 13.3. The fourth-order valence-corrected chi connectivity index (χ4v) is 1.25. The number of benzene rings is 1. The minimum absolute atomic E-state index is 0.605. The third-order valence-electron chi connectivity index (χ3n) is 2.20. The average molecular weight is 223 g/mol. The molecule has 0 heterocycles. The van der Waals surface area contributed by atoms with Gasteiger partial charge in [0, 0.05) is 5.69 Å². The molecule has 4 heteroatoms. The van der Waals surface area contributed by atoms with Gasteiger partial charge in [0.1, 0.15) is 0 Å². The van der Waals surface area contributed by atoms with Gasteiger partial charge >= 0.3 is 0 Å². The molecule has 0 bridgehead atoms. The molecule has 0 aliphatic rings. The maximum Gasteiger partial charge on any atom is 0.256 e. The zero-order valence-electron chi connectivity index (χ0n) is 9.69. The van der Waals surface area contributed by atoms with Crippen LogP contribution >= 0.6 is 0 Å². The van der Waals surface area contributed by atoms with E-state index in [9.17, 15) is 15.0 Å². The Hall–Kier alpha value is -1.39. The highest BCUT2D eigenvalue weighted by atomic mass is 16.3. The Labute approximate surface area is 94.9 Å². The van der Waals surface area contributed by atoms with E-state index in [-0.39, 0.29) is 0 Å². The van der Waals surface area contributed by atoms with Gasteiger partial charge < -0.3 is 15.5 Å². The van der Waals surface area contributed by atoms with Gasteiger partial charge in [0.05, 0.1) is 5.60 Å². The lowest BCUT2D eigenvalue weighted by atomic mass is 10.0. The largest absolute Gasteiger partial charge is 0.387 e. The first-order valence-corrected chi connectivity index (χ1v) is 5.08. The van der Waals surface area contributed by atoms with Crippen LogP contribution in [0.25, 0.3) is 0 Å². The van der Waals surface area contributed by atoms with Gasteiger partial charge in [0.2, 0.25) is 0 Å². The first kappa shape index (κ1) is 12.7. The standard InChI is InChI=1S/C12H17NO3/c1-8-5-4-6-9(7-8)13-11(15)10(14)12(2,3)16/h4-7,10,14,16H,1-3H3,(H,13,15). The Morgan fingerprint density at radius 1 is 1.44 bits per heavy atom. The molecule has 0 radical (unpaired) electrons. The first-order chi connectivity index (χ1) is 7.30. The van der Waals surface area contributed by atoms with Crippen molar-refractivity contribution in [2.24, 2.45) is 0 Å². The Bertz CT molecular complexity index is 382. The van der Waals surface area contributed by atoms with Gasteiger partial charge in [-0.15, -0.1) is 0 Å². The Balaban J connectivity index is 2.72. The lowest BCUT2D eigenvalue weighted by Crippen LogP contribution is -2.44. The quantitative estimate of drug-likeness (QED) is 0.717. The molecule has 88 valence electrons. The van der Waals surface area contributed by atoms with Crippen LogP contribution in [0.3, 0.4) is 0 Å². The first-order valence-electron chi connectivity index (χ1n) is 5.08. The van der Waals surface area contributed by atoms with Gasteiger partial charge in [-0.2, -0.15) is 0 Å². The monoisotopic (exact) mass is 223 g/mol. The number of anilines is 1. The number of rotatable bonds is 3. The summed E-state index contributed by atoms with van der Waals surface area (Å²) in [5.74, 6) is -0.613. The van der Waals surface area contributed by atoms with Crippen molar-refractivity contribution in [3.05, 3.63) is 29.8 Å². The number of carbonyl (C=O) groups is 1. The number of carbonyl (C=O) groups excluding carboxylic acids is 1. The van der Waals surface area contributed by atoms with E-state index in [0.717, 1.165) is 5.56 Å². The molecule has 1 rings (SSSR count). The van der Waals surface area contributed by atoms with Gasteiger partial charge in [-0.25, -0.2) is 0 Å². The minimum Gasteiger partial charge on any atom is -0.387 e. The Morgan fingerprint density at radius 2 is 2.06 bits per heavy atom. The van der Waals surface area contributed by atoms with Crippen LogP contribution in [0.4, 0.5) is 5.69 Å². The number of aliphatic hydroxyl groups is 2. The summed E-state index contributed by atoms with van der Waals surface area (Å²) in [6, 6.07) is 7.22. The van der Waals surface area contributed by atoms with Crippen LogP contribution in [-0.2, 0) is 4.79 Å². The molecular weight excluding hydrogens is 206 g/mol. The van der Waals surface area contributed by atoms with E-state index in [0.29, 0.717) is 5.69 Å². The molecule has 16 heavy (non-hydrogen) atoms. The van der Waals surface area contributed by atoms with Crippen molar-refractivity contribution in [1.82, 2.24) is 0 Å². The highest BCUT2D eigenvalue weighted by Crippen LogP contribution is 2.13. The summed E-state index contributed by atoms with van der Waals surface area (Å²) in [5.41, 5.74) is 0.164. The fourth-order valence-electron chi connectivity index (χ4n) is 1.25. The molecular formula is C12H17NO3. The van der Waals surface area contributed by atoms with Crippen LogP contribution in [-0.4, -0.2) is 27.8 Å². The molecule has 0 aliphatic carbocycles.